The number of hydrogen-bond acceptors (Lipinski definition) is 4. The number of likely N-dealkylation sites (N-methyl/N-ethyl adjacent to an activating group) is 1. The van der Waals surface area contributed by atoms with E-state index in [1.165, 1.54) is 0 Å². The van der Waals surface area contributed by atoms with Gasteiger partial charge in [-0.1, -0.05) is 0 Å². The van der Waals surface area contributed by atoms with E-state index in [2.05, 4.69) is 9.97 Å². The quantitative estimate of drug-likeness (QED) is 0.755. The standard InChI is InChI=1S/C10H15N3O/c1-10(14)5-4-8(10)13(2)9-11-6-3-7-12-9/h3,6-8,14H,4-5H2,1-2H3/t8-,10-/m1/s1. The second kappa shape index (κ2) is 3.20. The minimum Gasteiger partial charge on any atom is -0.388 e. The average Bonchev–Trinajstić information content (AvgIpc) is 2.18. The van der Waals surface area contributed by atoms with Crippen molar-refractivity contribution in [3.05, 3.63) is 18.5 Å². The van der Waals surface area contributed by atoms with Gasteiger partial charge in [-0.3, -0.25) is 0 Å². The summed E-state index contributed by atoms with van der Waals surface area (Å²) in [5.41, 5.74) is -0.589. The highest BCUT2D eigenvalue weighted by molar-refractivity contribution is 5.32. The van der Waals surface area contributed by atoms with Crippen LogP contribution < -0.4 is 4.90 Å². The number of nitrogens with zero attached hydrogens (tertiary/aromatic N) is 3. The van der Waals surface area contributed by atoms with Gasteiger partial charge >= 0.3 is 0 Å². The monoisotopic (exact) mass is 193 g/mol. The van der Waals surface area contributed by atoms with Crippen LogP contribution >= 0.6 is 0 Å². The fraction of sp³-hybridized carbons (Fsp3) is 0.600. The van der Waals surface area contributed by atoms with E-state index in [9.17, 15) is 5.11 Å². The first-order chi connectivity index (χ1) is 6.61. The second-order valence-corrected chi connectivity index (χ2v) is 4.07. The van der Waals surface area contributed by atoms with E-state index in [0.717, 1.165) is 12.8 Å². The maximum Gasteiger partial charge on any atom is 0.225 e. The Bertz CT molecular complexity index is 312. The molecular weight excluding hydrogens is 178 g/mol. The van der Waals surface area contributed by atoms with Crippen LogP contribution in [0, 0.1) is 0 Å². The molecule has 1 aromatic heterocycles. The van der Waals surface area contributed by atoms with Crippen LogP contribution in [0.2, 0.25) is 0 Å². The first-order valence-electron chi connectivity index (χ1n) is 4.83. The molecule has 2 rings (SSSR count). The molecule has 1 N–H and O–H groups in total. The second-order valence-electron chi connectivity index (χ2n) is 4.07. The van der Waals surface area contributed by atoms with E-state index >= 15 is 0 Å². The van der Waals surface area contributed by atoms with Crippen molar-refractivity contribution in [1.82, 2.24) is 9.97 Å². The predicted octanol–water partition coefficient (Wildman–Crippen LogP) is 0.826. The van der Waals surface area contributed by atoms with Crippen molar-refractivity contribution in [3.8, 4) is 0 Å². The van der Waals surface area contributed by atoms with Gasteiger partial charge in [-0.2, -0.15) is 0 Å². The van der Waals surface area contributed by atoms with Crippen molar-refractivity contribution >= 4 is 5.95 Å². The van der Waals surface area contributed by atoms with Gasteiger partial charge in [0.1, 0.15) is 0 Å². The third kappa shape index (κ3) is 1.46. The lowest BCUT2D eigenvalue weighted by Gasteiger charge is -2.47. The smallest absolute Gasteiger partial charge is 0.225 e. The summed E-state index contributed by atoms with van der Waals surface area (Å²) in [4.78, 5) is 10.2. The predicted molar refractivity (Wildman–Crippen MR) is 54.1 cm³/mol. The van der Waals surface area contributed by atoms with E-state index in [1.54, 1.807) is 18.5 Å². The van der Waals surface area contributed by atoms with Gasteiger partial charge in [-0.05, 0) is 25.8 Å². The molecule has 0 unspecified atom stereocenters. The van der Waals surface area contributed by atoms with E-state index in [1.807, 2.05) is 18.9 Å². The van der Waals surface area contributed by atoms with E-state index in [0.29, 0.717) is 5.95 Å². The molecule has 0 saturated heterocycles. The van der Waals surface area contributed by atoms with Crippen molar-refractivity contribution in [2.24, 2.45) is 0 Å². The largest absolute Gasteiger partial charge is 0.388 e. The summed E-state index contributed by atoms with van der Waals surface area (Å²) in [6.45, 7) is 1.86. The summed E-state index contributed by atoms with van der Waals surface area (Å²) in [7, 11) is 1.92. The zero-order valence-corrected chi connectivity index (χ0v) is 8.51. The molecule has 0 radical (unpaired) electrons. The van der Waals surface area contributed by atoms with Crippen LogP contribution in [0.15, 0.2) is 18.5 Å². The first kappa shape index (κ1) is 9.40. The molecule has 76 valence electrons. The Morgan fingerprint density at radius 3 is 2.57 bits per heavy atom. The summed E-state index contributed by atoms with van der Waals surface area (Å²) in [5.74, 6) is 0.678. The van der Waals surface area contributed by atoms with Gasteiger partial charge in [0, 0.05) is 19.4 Å². The zero-order chi connectivity index (χ0) is 10.2. The van der Waals surface area contributed by atoms with Crippen LogP contribution in [0.5, 0.6) is 0 Å². The minimum absolute atomic E-state index is 0.143. The van der Waals surface area contributed by atoms with Gasteiger partial charge in [-0.25, -0.2) is 9.97 Å². The molecule has 1 fully saturated rings. The molecule has 1 saturated carbocycles. The number of hydrogen-bond donors (Lipinski definition) is 1. The molecule has 1 aliphatic carbocycles. The highest BCUT2D eigenvalue weighted by Crippen LogP contribution is 2.36. The Morgan fingerprint density at radius 2 is 2.14 bits per heavy atom. The van der Waals surface area contributed by atoms with Gasteiger partial charge in [0.2, 0.25) is 5.95 Å². The maximum absolute atomic E-state index is 9.91. The molecule has 4 nitrogen and oxygen atoms in total. The van der Waals surface area contributed by atoms with Gasteiger partial charge in [0.05, 0.1) is 11.6 Å². The van der Waals surface area contributed by atoms with E-state index < -0.39 is 5.60 Å². The lowest BCUT2D eigenvalue weighted by atomic mass is 9.75. The summed E-state index contributed by atoms with van der Waals surface area (Å²) in [6, 6.07) is 1.93. The maximum atomic E-state index is 9.91. The molecule has 0 aliphatic heterocycles. The highest BCUT2D eigenvalue weighted by atomic mass is 16.3. The molecule has 0 bridgehead atoms. The molecule has 1 heterocycles. The van der Waals surface area contributed by atoms with Crippen LogP contribution in [0.4, 0.5) is 5.95 Å². The number of rotatable bonds is 2. The van der Waals surface area contributed by atoms with Crippen LogP contribution in [-0.2, 0) is 0 Å². The molecule has 0 aromatic carbocycles. The molecule has 4 heteroatoms. The summed E-state index contributed by atoms with van der Waals surface area (Å²) < 4.78 is 0. The van der Waals surface area contributed by atoms with Crippen LogP contribution in [0.3, 0.4) is 0 Å². The SMILES string of the molecule is CN(c1ncccn1)[C@@H]1CC[C@@]1(C)O. The Hall–Kier alpha value is -1.16. The van der Waals surface area contributed by atoms with Gasteiger partial charge in [0.25, 0.3) is 0 Å². The fourth-order valence-corrected chi connectivity index (χ4v) is 1.91. The summed E-state index contributed by atoms with van der Waals surface area (Å²) in [5, 5.41) is 9.91. The molecule has 0 amide bonds. The van der Waals surface area contributed by atoms with Crippen molar-refractivity contribution in [2.45, 2.75) is 31.4 Å². The van der Waals surface area contributed by atoms with E-state index in [-0.39, 0.29) is 6.04 Å². The lowest BCUT2D eigenvalue weighted by molar-refractivity contribution is -0.0386. The molecule has 0 spiro atoms. The molecule has 14 heavy (non-hydrogen) atoms. The van der Waals surface area contributed by atoms with Crippen molar-refractivity contribution in [3.63, 3.8) is 0 Å². The number of aromatic nitrogens is 2. The van der Waals surface area contributed by atoms with Crippen LogP contribution in [0.1, 0.15) is 19.8 Å². The first-order valence-corrected chi connectivity index (χ1v) is 4.83. The Balaban J connectivity index is 2.13. The number of aliphatic hydroxyl groups is 1. The molecular formula is C10H15N3O. The topological polar surface area (TPSA) is 49.2 Å². The third-order valence-electron chi connectivity index (χ3n) is 2.98. The van der Waals surface area contributed by atoms with Gasteiger partial charge in [-0.15, -0.1) is 0 Å². The molecule has 2 atom stereocenters. The van der Waals surface area contributed by atoms with Crippen LogP contribution in [-0.4, -0.2) is 33.8 Å². The van der Waals surface area contributed by atoms with Crippen molar-refractivity contribution in [1.29, 1.82) is 0 Å². The van der Waals surface area contributed by atoms with E-state index in [4.69, 9.17) is 0 Å². The Kier molecular flexibility index (Phi) is 2.15. The number of anilines is 1. The zero-order valence-electron chi connectivity index (χ0n) is 8.51. The average molecular weight is 193 g/mol. The van der Waals surface area contributed by atoms with Crippen molar-refractivity contribution < 1.29 is 5.11 Å². The molecule has 1 aromatic rings. The highest BCUT2D eigenvalue weighted by Gasteiger charge is 2.44. The van der Waals surface area contributed by atoms with Crippen LogP contribution in [0.25, 0.3) is 0 Å². The Morgan fingerprint density at radius 1 is 1.50 bits per heavy atom. The lowest BCUT2D eigenvalue weighted by Crippen LogP contribution is -2.58. The van der Waals surface area contributed by atoms with Crippen molar-refractivity contribution in [2.75, 3.05) is 11.9 Å². The third-order valence-corrected chi connectivity index (χ3v) is 2.98. The summed E-state index contributed by atoms with van der Waals surface area (Å²) >= 11 is 0. The minimum atomic E-state index is -0.589. The van der Waals surface area contributed by atoms with Gasteiger partial charge < -0.3 is 10.0 Å². The fourth-order valence-electron chi connectivity index (χ4n) is 1.91. The van der Waals surface area contributed by atoms with Gasteiger partial charge in [0.15, 0.2) is 0 Å². The molecule has 1 aliphatic rings. The summed E-state index contributed by atoms with van der Waals surface area (Å²) in [6.07, 6.45) is 5.29. The Labute approximate surface area is 83.6 Å². The normalized spacial score (nSPS) is 30.9.